The molecule has 576 valence electrons. The van der Waals surface area contributed by atoms with Gasteiger partial charge in [-0.2, -0.15) is 46.9 Å². The van der Waals surface area contributed by atoms with Gasteiger partial charge < -0.3 is 258 Å². The maximum Gasteiger partial charge on any atom is 6.00 e. The zero-order valence-corrected chi connectivity index (χ0v) is 65.6. The van der Waals surface area contributed by atoms with Crippen LogP contribution in [-0.4, -0.2) is 193 Å². The molecule has 0 radical (unpaired) electrons. The maximum absolute atomic E-state index is 8.88. The van der Waals surface area contributed by atoms with Gasteiger partial charge in [0.2, 0.25) is 0 Å². The summed E-state index contributed by atoms with van der Waals surface area (Å²) < 4.78 is 309. The number of phosphoric acid groups is 12. The molecule has 0 rings (SSSR count). The molecule has 0 atom stereocenters. The van der Waals surface area contributed by atoms with E-state index in [4.69, 9.17) is 336 Å². The van der Waals surface area contributed by atoms with Crippen molar-refractivity contribution in [3.8, 4) is 0 Å². The molecular formula is H18Mo5O72P12S6. The Labute approximate surface area is 592 Å². The Balaban J connectivity index is -0.0000000274. The van der Waals surface area contributed by atoms with Gasteiger partial charge in [0.05, 0.1) is 0 Å². The molecule has 72 nitrogen and oxygen atoms in total. The van der Waals surface area contributed by atoms with Gasteiger partial charge in [-0.05, 0) is 0 Å². The Morgan fingerprint density at radius 3 is 0.147 bits per heavy atom. The Bertz CT molecular complexity index is 2240. The summed E-state index contributed by atoms with van der Waals surface area (Å²) >= 11 is 0. The van der Waals surface area contributed by atoms with Crippen molar-refractivity contribution >= 4 is 156 Å². The third kappa shape index (κ3) is 56900. The summed E-state index contributed by atoms with van der Waals surface area (Å²) in [6, 6.07) is 0. The Morgan fingerprint density at radius 2 is 0.147 bits per heavy atom. The van der Waals surface area contributed by atoms with Crippen LogP contribution in [0.5, 0.6) is 0 Å². The van der Waals surface area contributed by atoms with Gasteiger partial charge >= 0.3 is 152 Å². The molecule has 0 saturated carbocycles. The van der Waals surface area contributed by atoms with Crippen molar-refractivity contribution < 1.29 is 441 Å². The van der Waals surface area contributed by atoms with Gasteiger partial charge in [0.25, 0.3) is 0 Å². The summed E-state index contributed by atoms with van der Waals surface area (Å²) in [4.78, 5) is 283. The Morgan fingerprint density at radius 1 is 0.147 bits per heavy atom. The van der Waals surface area contributed by atoms with E-state index in [1.807, 2.05) is 0 Å². The molecule has 0 unspecified atom stereocenters. The van der Waals surface area contributed by atoms with Gasteiger partial charge in [-0.15, -0.1) is 0 Å². The van der Waals surface area contributed by atoms with E-state index >= 15 is 0 Å². The van der Waals surface area contributed by atoms with Gasteiger partial charge in [-0.3, -0.25) is 50.5 Å². The predicted octanol–water partition coefficient (Wildman–Crippen LogP) is -30.6. The van der Waals surface area contributed by atoms with E-state index in [9.17, 15) is 0 Å². The van der Waals surface area contributed by atoms with E-state index in [1.54, 1.807) is 0 Å². The maximum atomic E-state index is 8.88. The van der Waals surface area contributed by atoms with Gasteiger partial charge in [0, 0.05) is 62.4 Å². The zero-order chi connectivity index (χ0) is 81.0. The van der Waals surface area contributed by atoms with Crippen molar-refractivity contribution in [2.24, 2.45) is 0 Å². The largest absolute Gasteiger partial charge is 6.00 e. The second kappa shape index (κ2) is 73.5. The first kappa shape index (κ1) is 165. The van der Waals surface area contributed by atoms with Crippen molar-refractivity contribution in [3.63, 3.8) is 0 Å². The van der Waals surface area contributed by atoms with Crippen molar-refractivity contribution in [1.82, 2.24) is 0 Å². The van der Waals surface area contributed by atoms with E-state index in [-0.39, 0.29) is 105 Å². The fourth-order valence-electron chi connectivity index (χ4n) is 0. The average Bonchev–Trinajstić information content (AvgIpc) is 2.79. The molecule has 18 N–H and O–H groups in total. The second-order valence-corrected chi connectivity index (χ2v) is 24.6. The van der Waals surface area contributed by atoms with Crippen molar-refractivity contribution in [2.45, 2.75) is 0 Å². The van der Waals surface area contributed by atoms with Crippen LogP contribution in [0.3, 0.4) is 0 Å². The van der Waals surface area contributed by atoms with Crippen LogP contribution in [0.1, 0.15) is 0 Å². The SMILES string of the molecule is O=P(O)(O)O.O=P(O)(O)O.O=P(O)(O)O.O=P(O)(O)O.O=P(O)(O)O.O=P(O)(O)O.O=P([O-])([O-])[O-].O=P([O-])([O-])[O-].O=P([O-])([O-])[O-].O=P([O-])([O-])[O-].O=P([O-])([O-])[O-].O=P([O-])([O-])[O-].O=S(=O)([O-])[O-].O=S(=O)([O-])[O-].O=S(=O)([O-])[O-].O=S(=O)([O-])[O-].O=S(=O)([O-])[O-].O=S(=O)([O-])[O-].[Mo+6].[Mo+6].[Mo+6].[Mo+6].[Mo+6]. The molecule has 0 aromatic rings. The van der Waals surface area contributed by atoms with Gasteiger partial charge in [-0.25, -0.2) is 27.4 Å². The van der Waals surface area contributed by atoms with Crippen molar-refractivity contribution in [1.29, 1.82) is 0 Å². The predicted molar refractivity (Wildman–Crippen MR) is 194 cm³/mol. The number of hydrogen-bond acceptors (Lipinski definition) is 54. The van der Waals surface area contributed by atoms with E-state index < -0.39 is 156 Å². The fraction of sp³-hybridized carbons (Fsp3) is 0. The summed E-state index contributed by atoms with van der Waals surface area (Å²) in [6.45, 7) is 0. The van der Waals surface area contributed by atoms with E-state index in [2.05, 4.69) is 0 Å². The Hall–Kier alpha value is 3.98. The molecule has 0 amide bonds. The summed E-state index contributed by atoms with van der Waals surface area (Å²) in [6.07, 6.45) is 0. The number of hydrogen-bond donors (Lipinski definition) is 18. The molecule has 0 aliphatic rings. The fourth-order valence-corrected chi connectivity index (χ4v) is 0. The molecule has 0 bridgehead atoms. The third-order valence-corrected chi connectivity index (χ3v) is 0. The normalized spacial score (nSPS) is 11.1. The molecule has 0 aliphatic heterocycles. The molecule has 95 heavy (non-hydrogen) atoms. The van der Waals surface area contributed by atoms with Crippen LogP contribution in [-0.2, 0) is 223 Å². The van der Waals surface area contributed by atoms with E-state index in [0.29, 0.717) is 0 Å². The quantitative estimate of drug-likeness (QED) is 0.0463. The summed E-state index contributed by atoms with van der Waals surface area (Å²) in [5, 5.41) is 0. The van der Waals surface area contributed by atoms with Crippen LogP contribution in [0, 0.1) is 0 Å². The molecule has 0 aromatic heterocycles. The summed E-state index contributed by atoms with van der Waals surface area (Å²) in [5.41, 5.74) is 0. The van der Waals surface area contributed by atoms with Crippen molar-refractivity contribution in [2.75, 3.05) is 0 Å². The van der Waals surface area contributed by atoms with Crippen LogP contribution in [0.2, 0.25) is 0 Å². The molecule has 0 aromatic carbocycles. The zero-order valence-electron chi connectivity index (χ0n) is 40.0. The summed E-state index contributed by atoms with van der Waals surface area (Å²) in [7, 11) is -91.2. The third-order valence-electron chi connectivity index (χ3n) is 0. The molecular weight excluding hydrogens is 2200 g/mol. The van der Waals surface area contributed by atoms with Crippen LogP contribution in [0.25, 0.3) is 0 Å². The van der Waals surface area contributed by atoms with E-state index in [1.165, 1.54) is 0 Å². The van der Waals surface area contributed by atoms with Crippen LogP contribution in [0.15, 0.2) is 0 Å². The molecule has 0 heterocycles. The van der Waals surface area contributed by atoms with Crippen molar-refractivity contribution in [3.05, 3.63) is 0 Å². The van der Waals surface area contributed by atoms with E-state index in [0.717, 1.165) is 0 Å². The average molecular weight is 2210 g/mol. The van der Waals surface area contributed by atoms with Gasteiger partial charge in [-0.1, -0.05) is 0 Å². The first-order valence-electron chi connectivity index (χ1n) is 13.1. The van der Waals surface area contributed by atoms with Crippen LogP contribution >= 0.6 is 93.9 Å². The minimum absolute atomic E-state index is 0. The van der Waals surface area contributed by atoms with Gasteiger partial charge in [0.1, 0.15) is 0 Å². The second-order valence-electron chi connectivity index (χ2n) is 8.21. The van der Waals surface area contributed by atoms with Gasteiger partial charge in [0.15, 0.2) is 0 Å². The molecule has 0 saturated heterocycles. The standard InChI is InChI=1S/5Mo.12H3O4P.6H2O4S/c;;;;;18*1-5(2,3)4/h;;;;;12*(H3,1,2,3,4);6*(H2,1,2,3,4)/q5*+6;;;;;;;;;;;;;;;;;;/p-30. The smallest absolute Gasteiger partial charge is 0.822 e. The summed E-state index contributed by atoms with van der Waals surface area (Å²) in [5.74, 6) is 0. The van der Waals surface area contributed by atoms with Crippen LogP contribution in [0.4, 0.5) is 0 Å². The first-order chi connectivity index (χ1) is 36.0. The molecule has 95 heteroatoms. The molecule has 0 spiro atoms. The molecule has 0 fully saturated rings. The molecule has 0 aliphatic carbocycles. The van der Waals surface area contributed by atoms with Crippen LogP contribution < -0.4 is 88.1 Å². The first-order valence-corrected chi connectivity index (χ1v) is 39.2. The minimum Gasteiger partial charge on any atom is -0.822 e. The topological polar surface area (TPSA) is 1470 Å². The Kier molecular flexibility index (Phi) is 127. The minimum atomic E-state index is -5.39. The monoisotopic (exact) mass is 2220 g/mol. The number of rotatable bonds is 0.